The summed E-state index contributed by atoms with van der Waals surface area (Å²) < 4.78 is 0. The molecule has 0 aliphatic carbocycles. The zero-order valence-corrected chi connectivity index (χ0v) is 17.1. The van der Waals surface area contributed by atoms with Gasteiger partial charge in [-0.05, 0) is 62.0 Å². The standard InChI is InChI=1S/C23H29NOS/c1-22(2,3)17-9-10-21-19(15-17)23(25,16-11-13-24(4)14-12-16)18-7-5-6-8-20(18)26-21/h5-10,15-16,25H,11-14H2,1-4H3. The minimum absolute atomic E-state index is 0.0738. The number of hydrogen-bond acceptors (Lipinski definition) is 3. The molecule has 2 aliphatic heterocycles. The van der Waals surface area contributed by atoms with E-state index in [-0.39, 0.29) is 11.3 Å². The van der Waals surface area contributed by atoms with Crippen LogP contribution in [0.4, 0.5) is 0 Å². The van der Waals surface area contributed by atoms with Crippen LogP contribution >= 0.6 is 11.8 Å². The molecule has 1 atom stereocenters. The molecule has 2 heterocycles. The van der Waals surface area contributed by atoms with E-state index in [2.05, 4.69) is 75.2 Å². The molecule has 0 spiro atoms. The Kier molecular flexibility index (Phi) is 4.45. The summed E-state index contributed by atoms with van der Waals surface area (Å²) in [6, 6.07) is 15.2. The van der Waals surface area contributed by atoms with Crippen molar-refractivity contribution in [2.75, 3.05) is 20.1 Å². The summed E-state index contributed by atoms with van der Waals surface area (Å²) >= 11 is 1.80. The topological polar surface area (TPSA) is 23.5 Å². The van der Waals surface area contributed by atoms with Crippen molar-refractivity contribution in [1.29, 1.82) is 0 Å². The van der Waals surface area contributed by atoms with Crippen LogP contribution in [0, 0.1) is 5.92 Å². The number of hydrogen-bond donors (Lipinski definition) is 1. The van der Waals surface area contributed by atoms with E-state index >= 15 is 0 Å². The fourth-order valence-electron chi connectivity index (χ4n) is 4.38. The second-order valence-electron chi connectivity index (χ2n) is 8.90. The Morgan fingerprint density at radius 1 is 1.00 bits per heavy atom. The Labute approximate surface area is 161 Å². The van der Waals surface area contributed by atoms with Gasteiger partial charge in [0.15, 0.2) is 0 Å². The fraction of sp³-hybridized carbons (Fsp3) is 0.478. The van der Waals surface area contributed by atoms with Crippen LogP contribution in [0.2, 0.25) is 0 Å². The van der Waals surface area contributed by atoms with Crippen LogP contribution in [-0.2, 0) is 11.0 Å². The lowest BCUT2D eigenvalue weighted by Gasteiger charge is -2.45. The van der Waals surface area contributed by atoms with Gasteiger partial charge in [-0.25, -0.2) is 0 Å². The van der Waals surface area contributed by atoms with Gasteiger partial charge in [-0.2, -0.15) is 0 Å². The molecule has 0 bridgehead atoms. The Balaban J connectivity index is 1.89. The zero-order valence-electron chi connectivity index (χ0n) is 16.2. The Hall–Kier alpha value is -1.29. The van der Waals surface area contributed by atoms with Gasteiger partial charge in [0.25, 0.3) is 0 Å². The smallest absolute Gasteiger partial charge is 0.120 e. The van der Waals surface area contributed by atoms with Gasteiger partial charge in [-0.3, -0.25) is 0 Å². The third kappa shape index (κ3) is 2.90. The third-order valence-electron chi connectivity index (χ3n) is 6.08. The number of piperidine rings is 1. The molecule has 3 heteroatoms. The van der Waals surface area contributed by atoms with Gasteiger partial charge in [-0.1, -0.05) is 62.9 Å². The van der Waals surface area contributed by atoms with Crippen LogP contribution in [0.15, 0.2) is 52.3 Å². The van der Waals surface area contributed by atoms with Gasteiger partial charge < -0.3 is 10.0 Å². The monoisotopic (exact) mass is 367 g/mol. The number of fused-ring (bicyclic) bond motifs is 2. The van der Waals surface area contributed by atoms with E-state index in [1.807, 2.05) is 0 Å². The molecule has 1 N–H and O–H groups in total. The van der Waals surface area contributed by atoms with Crippen molar-refractivity contribution in [3.05, 3.63) is 59.2 Å². The first kappa shape index (κ1) is 18.1. The second kappa shape index (κ2) is 6.40. The van der Waals surface area contributed by atoms with Crippen molar-refractivity contribution in [1.82, 2.24) is 4.90 Å². The van der Waals surface area contributed by atoms with E-state index in [9.17, 15) is 5.11 Å². The van der Waals surface area contributed by atoms with E-state index in [0.29, 0.717) is 0 Å². The van der Waals surface area contributed by atoms with Crippen molar-refractivity contribution in [3.63, 3.8) is 0 Å². The highest BCUT2D eigenvalue weighted by Crippen LogP contribution is 2.53. The first-order valence-electron chi connectivity index (χ1n) is 9.63. The minimum Gasteiger partial charge on any atom is -0.380 e. The molecule has 1 fully saturated rings. The summed E-state index contributed by atoms with van der Waals surface area (Å²) in [7, 11) is 2.18. The maximum Gasteiger partial charge on any atom is 0.120 e. The number of benzene rings is 2. The predicted molar refractivity (Wildman–Crippen MR) is 109 cm³/mol. The van der Waals surface area contributed by atoms with E-state index in [1.54, 1.807) is 11.8 Å². The Morgan fingerprint density at radius 3 is 2.35 bits per heavy atom. The van der Waals surface area contributed by atoms with Crippen molar-refractivity contribution in [3.8, 4) is 0 Å². The molecular formula is C23H29NOS. The van der Waals surface area contributed by atoms with Gasteiger partial charge in [-0.15, -0.1) is 0 Å². The predicted octanol–water partition coefficient (Wildman–Crippen LogP) is 5.03. The average molecular weight is 368 g/mol. The van der Waals surface area contributed by atoms with E-state index < -0.39 is 5.60 Å². The maximum absolute atomic E-state index is 12.2. The third-order valence-corrected chi connectivity index (χ3v) is 7.24. The zero-order chi connectivity index (χ0) is 18.5. The molecule has 138 valence electrons. The lowest BCUT2D eigenvalue weighted by Crippen LogP contribution is -2.44. The molecular weight excluding hydrogens is 338 g/mol. The molecule has 2 nitrogen and oxygen atoms in total. The Morgan fingerprint density at radius 2 is 1.65 bits per heavy atom. The molecule has 2 aromatic rings. The van der Waals surface area contributed by atoms with Crippen molar-refractivity contribution < 1.29 is 5.11 Å². The summed E-state index contributed by atoms with van der Waals surface area (Å²) in [5, 5.41) is 12.2. The van der Waals surface area contributed by atoms with Crippen molar-refractivity contribution in [2.24, 2.45) is 5.92 Å². The first-order chi connectivity index (χ1) is 12.3. The van der Waals surface area contributed by atoms with Crippen LogP contribution in [0.1, 0.15) is 50.3 Å². The van der Waals surface area contributed by atoms with E-state index in [4.69, 9.17) is 0 Å². The quantitative estimate of drug-likeness (QED) is 0.765. The maximum atomic E-state index is 12.2. The molecule has 26 heavy (non-hydrogen) atoms. The van der Waals surface area contributed by atoms with Crippen LogP contribution in [0.3, 0.4) is 0 Å². The summed E-state index contributed by atoms with van der Waals surface area (Å²) in [5.41, 5.74) is 2.69. The lowest BCUT2D eigenvalue weighted by molar-refractivity contribution is -0.0160. The number of nitrogens with zero attached hydrogens (tertiary/aromatic N) is 1. The molecule has 0 saturated carbocycles. The summed E-state index contributed by atoms with van der Waals surface area (Å²) in [6.45, 7) is 8.83. The van der Waals surface area contributed by atoms with Gasteiger partial charge in [0.2, 0.25) is 0 Å². The molecule has 2 aromatic carbocycles. The lowest BCUT2D eigenvalue weighted by atomic mass is 9.70. The summed E-state index contributed by atoms with van der Waals surface area (Å²) in [5.74, 6) is 0.259. The number of rotatable bonds is 1. The molecule has 0 amide bonds. The highest BCUT2D eigenvalue weighted by Gasteiger charge is 2.46. The van der Waals surface area contributed by atoms with Crippen LogP contribution < -0.4 is 0 Å². The molecule has 4 rings (SSSR count). The van der Waals surface area contributed by atoms with Crippen LogP contribution in [-0.4, -0.2) is 30.1 Å². The van der Waals surface area contributed by atoms with Gasteiger partial charge in [0.05, 0.1) is 0 Å². The van der Waals surface area contributed by atoms with Gasteiger partial charge >= 0.3 is 0 Å². The molecule has 2 aliphatic rings. The van der Waals surface area contributed by atoms with E-state index in [1.165, 1.54) is 15.4 Å². The first-order valence-corrected chi connectivity index (χ1v) is 10.4. The van der Waals surface area contributed by atoms with Gasteiger partial charge in [0.1, 0.15) is 5.60 Å². The molecule has 0 aromatic heterocycles. The minimum atomic E-state index is -0.889. The van der Waals surface area contributed by atoms with Crippen LogP contribution in [0.5, 0.6) is 0 Å². The van der Waals surface area contributed by atoms with E-state index in [0.717, 1.165) is 37.1 Å². The highest BCUT2D eigenvalue weighted by atomic mass is 32.2. The Bertz CT molecular complexity index is 817. The normalized spacial score (nSPS) is 24.2. The molecule has 0 radical (unpaired) electrons. The highest BCUT2D eigenvalue weighted by molar-refractivity contribution is 7.99. The second-order valence-corrected chi connectivity index (χ2v) is 9.99. The SMILES string of the molecule is CN1CCC(C2(O)c3ccccc3Sc3ccc(C(C)(C)C)cc32)CC1. The fourth-order valence-corrected chi connectivity index (χ4v) is 5.56. The number of likely N-dealkylation sites (tertiary alicyclic amines) is 1. The van der Waals surface area contributed by atoms with Crippen molar-refractivity contribution in [2.45, 2.75) is 54.4 Å². The average Bonchev–Trinajstić information content (AvgIpc) is 2.61. The summed E-state index contributed by atoms with van der Waals surface area (Å²) in [4.78, 5) is 4.78. The van der Waals surface area contributed by atoms with Crippen LogP contribution in [0.25, 0.3) is 0 Å². The van der Waals surface area contributed by atoms with Gasteiger partial charge in [0, 0.05) is 20.9 Å². The van der Waals surface area contributed by atoms with Crippen molar-refractivity contribution >= 4 is 11.8 Å². The summed E-state index contributed by atoms with van der Waals surface area (Å²) in [6.07, 6.45) is 2.07. The molecule has 1 unspecified atom stereocenters. The largest absolute Gasteiger partial charge is 0.380 e. The molecule has 1 saturated heterocycles. The number of aliphatic hydroxyl groups is 1.